The first kappa shape index (κ1) is 7.80. The van der Waals surface area contributed by atoms with Crippen LogP contribution >= 0.6 is 11.3 Å². The first-order valence-electron chi connectivity index (χ1n) is 4.13. The van der Waals surface area contributed by atoms with Gasteiger partial charge in [0.05, 0.1) is 0 Å². The van der Waals surface area contributed by atoms with Crippen molar-refractivity contribution in [3.63, 3.8) is 0 Å². The maximum Gasteiger partial charge on any atom is 0.120 e. The number of aryl methyl sites for hydroxylation is 1. The highest BCUT2D eigenvalue weighted by Crippen LogP contribution is 2.24. The first-order valence-corrected chi connectivity index (χ1v) is 4.94. The highest BCUT2D eigenvalue weighted by atomic mass is 32.1. The minimum absolute atomic E-state index is 0.491. The fraction of sp³-hybridized carbons (Fsp3) is 0.444. The predicted molar refractivity (Wildman–Crippen MR) is 52.8 cm³/mol. The summed E-state index contributed by atoms with van der Waals surface area (Å²) in [6, 6.07) is 2.13. The molecule has 2 aromatic rings. The van der Waals surface area contributed by atoms with Crippen molar-refractivity contribution in [2.24, 2.45) is 0 Å². The van der Waals surface area contributed by atoms with Crippen molar-refractivity contribution in [1.29, 1.82) is 0 Å². The first-order chi connectivity index (χ1) is 5.66. The van der Waals surface area contributed by atoms with Gasteiger partial charge < -0.3 is 4.98 Å². The summed E-state index contributed by atoms with van der Waals surface area (Å²) in [5.41, 5.74) is 1.11. The molecular weight excluding hydrogens is 168 g/mol. The van der Waals surface area contributed by atoms with Gasteiger partial charge >= 0.3 is 0 Å². The summed E-state index contributed by atoms with van der Waals surface area (Å²) < 4.78 is 0. The Morgan fingerprint density at radius 1 is 1.50 bits per heavy atom. The number of thiophene rings is 1. The monoisotopic (exact) mass is 180 g/mol. The second-order valence-electron chi connectivity index (χ2n) is 3.35. The maximum absolute atomic E-state index is 4.49. The number of aromatic nitrogens is 2. The SMILES string of the molecule is Cc1cc2nc(C(C)C)[nH]c2s1. The third-order valence-corrected chi connectivity index (χ3v) is 2.82. The zero-order valence-corrected chi connectivity index (χ0v) is 8.33. The summed E-state index contributed by atoms with van der Waals surface area (Å²) in [7, 11) is 0. The number of aromatic amines is 1. The van der Waals surface area contributed by atoms with E-state index in [-0.39, 0.29) is 0 Å². The molecule has 0 unspecified atom stereocenters. The van der Waals surface area contributed by atoms with Gasteiger partial charge in [0.1, 0.15) is 16.2 Å². The quantitative estimate of drug-likeness (QED) is 0.718. The Bertz CT molecular complexity index is 366. The molecule has 2 nitrogen and oxygen atoms in total. The molecule has 0 fully saturated rings. The molecule has 64 valence electrons. The molecule has 0 saturated carbocycles. The number of hydrogen-bond acceptors (Lipinski definition) is 2. The van der Waals surface area contributed by atoms with Crippen molar-refractivity contribution < 1.29 is 0 Å². The molecule has 0 aliphatic heterocycles. The normalized spacial score (nSPS) is 11.7. The number of nitrogens with one attached hydrogen (secondary N) is 1. The van der Waals surface area contributed by atoms with Crippen LogP contribution in [0.4, 0.5) is 0 Å². The third kappa shape index (κ3) is 1.14. The molecule has 3 heteroatoms. The van der Waals surface area contributed by atoms with E-state index in [2.05, 4.69) is 36.8 Å². The van der Waals surface area contributed by atoms with Crippen molar-refractivity contribution in [2.45, 2.75) is 26.7 Å². The van der Waals surface area contributed by atoms with Gasteiger partial charge in [-0.1, -0.05) is 13.8 Å². The Balaban J connectivity index is 2.57. The average molecular weight is 180 g/mol. The predicted octanol–water partition coefficient (Wildman–Crippen LogP) is 3.06. The highest BCUT2D eigenvalue weighted by molar-refractivity contribution is 7.18. The maximum atomic E-state index is 4.49. The summed E-state index contributed by atoms with van der Waals surface area (Å²) in [5.74, 6) is 1.58. The molecule has 12 heavy (non-hydrogen) atoms. The van der Waals surface area contributed by atoms with Crippen molar-refractivity contribution >= 4 is 21.7 Å². The molecule has 0 aliphatic carbocycles. The number of rotatable bonds is 1. The summed E-state index contributed by atoms with van der Waals surface area (Å²) >= 11 is 1.77. The molecule has 2 heterocycles. The molecule has 0 atom stereocenters. The van der Waals surface area contributed by atoms with E-state index >= 15 is 0 Å². The van der Waals surface area contributed by atoms with Gasteiger partial charge in [0, 0.05) is 10.8 Å². The molecular formula is C9H12N2S. The van der Waals surface area contributed by atoms with Crippen molar-refractivity contribution in [3.05, 3.63) is 16.8 Å². The smallest absolute Gasteiger partial charge is 0.120 e. The summed E-state index contributed by atoms with van der Waals surface area (Å²) in [6.07, 6.45) is 0. The number of nitrogens with zero attached hydrogens (tertiary/aromatic N) is 1. The molecule has 0 spiro atoms. The van der Waals surface area contributed by atoms with Crippen LogP contribution < -0.4 is 0 Å². The average Bonchev–Trinajstić information content (AvgIpc) is 2.42. The standard InChI is InChI=1S/C9H12N2S/c1-5(2)8-10-7-4-6(3)12-9(7)11-8/h4-5H,1-3H3,(H,10,11). The summed E-state index contributed by atoms with van der Waals surface area (Å²) in [5, 5.41) is 0. The van der Waals surface area contributed by atoms with Gasteiger partial charge in [-0.2, -0.15) is 0 Å². The topological polar surface area (TPSA) is 28.7 Å². The number of imidazole rings is 1. The van der Waals surface area contributed by atoms with E-state index in [0.29, 0.717) is 5.92 Å². The van der Waals surface area contributed by atoms with Crippen LogP contribution in [0.1, 0.15) is 30.5 Å². The Kier molecular flexibility index (Phi) is 1.68. The zero-order valence-electron chi connectivity index (χ0n) is 7.51. The van der Waals surface area contributed by atoms with Crippen LogP contribution in [0.3, 0.4) is 0 Å². The summed E-state index contributed by atoms with van der Waals surface area (Å²) in [6.45, 7) is 6.40. The Hall–Kier alpha value is -0.830. The molecule has 0 radical (unpaired) electrons. The van der Waals surface area contributed by atoms with Crippen LogP contribution in [0.15, 0.2) is 6.07 Å². The van der Waals surface area contributed by atoms with Crippen LogP contribution in [-0.2, 0) is 0 Å². The minimum Gasteiger partial charge on any atom is -0.333 e. The van der Waals surface area contributed by atoms with E-state index < -0.39 is 0 Å². The molecule has 0 saturated heterocycles. The third-order valence-electron chi connectivity index (χ3n) is 1.87. The van der Waals surface area contributed by atoms with Crippen molar-refractivity contribution in [3.8, 4) is 0 Å². The van der Waals surface area contributed by atoms with Crippen LogP contribution in [0, 0.1) is 6.92 Å². The van der Waals surface area contributed by atoms with E-state index in [1.54, 1.807) is 11.3 Å². The lowest BCUT2D eigenvalue weighted by atomic mass is 10.2. The molecule has 0 bridgehead atoms. The highest BCUT2D eigenvalue weighted by Gasteiger charge is 2.07. The van der Waals surface area contributed by atoms with Gasteiger partial charge in [0.25, 0.3) is 0 Å². The van der Waals surface area contributed by atoms with Crippen LogP contribution in [-0.4, -0.2) is 9.97 Å². The van der Waals surface area contributed by atoms with E-state index in [0.717, 1.165) is 11.3 Å². The number of fused-ring (bicyclic) bond motifs is 1. The van der Waals surface area contributed by atoms with Gasteiger partial charge in [0.2, 0.25) is 0 Å². The molecule has 1 N–H and O–H groups in total. The van der Waals surface area contributed by atoms with Crippen LogP contribution in [0.25, 0.3) is 10.3 Å². The van der Waals surface area contributed by atoms with Gasteiger partial charge in [-0.3, -0.25) is 0 Å². The lowest BCUT2D eigenvalue weighted by Crippen LogP contribution is -1.88. The Morgan fingerprint density at radius 2 is 2.25 bits per heavy atom. The Labute approximate surface area is 75.6 Å². The van der Waals surface area contributed by atoms with E-state index in [9.17, 15) is 0 Å². The van der Waals surface area contributed by atoms with Crippen molar-refractivity contribution in [1.82, 2.24) is 9.97 Å². The van der Waals surface area contributed by atoms with Gasteiger partial charge in [-0.05, 0) is 13.0 Å². The van der Waals surface area contributed by atoms with Crippen LogP contribution in [0.2, 0.25) is 0 Å². The molecule has 2 aromatic heterocycles. The second kappa shape index (κ2) is 2.59. The summed E-state index contributed by atoms with van der Waals surface area (Å²) in [4.78, 5) is 10.3. The zero-order chi connectivity index (χ0) is 8.72. The van der Waals surface area contributed by atoms with Gasteiger partial charge in [0.15, 0.2) is 0 Å². The van der Waals surface area contributed by atoms with E-state index in [4.69, 9.17) is 0 Å². The largest absolute Gasteiger partial charge is 0.333 e. The fourth-order valence-corrected chi connectivity index (χ4v) is 2.08. The number of H-pyrrole nitrogens is 1. The lowest BCUT2D eigenvalue weighted by Gasteiger charge is -1.96. The fourth-order valence-electron chi connectivity index (χ4n) is 1.22. The molecule has 0 amide bonds. The molecule has 0 aromatic carbocycles. The Morgan fingerprint density at radius 3 is 2.83 bits per heavy atom. The van der Waals surface area contributed by atoms with E-state index in [1.807, 2.05) is 0 Å². The van der Waals surface area contributed by atoms with Gasteiger partial charge in [-0.15, -0.1) is 11.3 Å². The van der Waals surface area contributed by atoms with E-state index in [1.165, 1.54) is 9.71 Å². The van der Waals surface area contributed by atoms with Crippen molar-refractivity contribution in [2.75, 3.05) is 0 Å². The minimum atomic E-state index is 0.491. The lowest BCUT2D eigenvalue weighted by molar-refractivity contribution is 0.799. The molecule has 2 rings (SSSR count). The number of hydrogen-bond donors (Lipinski definition) is 1. The van der Waals surface area contributed by atoms with Crippen LogP contribution in [0.5, 0.6) is 0 Å². The second-order valence-corrected chi connectivity index (χ2v) is 4.60. The molecule has 0 aliphatic rings. The van der Waals surface area contributed by atoms with Gasteiger partial charge in [-0.25, -0.2) is 4.98 Å².